The number of carbonyl (C=O) groups is 1. The molecule has 0 aromatic carbocycles. The van der Waals surface area contributed by atoms with Crippen molar-refractivity contribution in [3.63, 3.8) is 0 Å². The van der Waals surface area contributed by atoms with Gasteiger partial charge >= 0.3 is 5.97 Å². The normalized spacial score (nSPS) is 11.5. The minimum atomic E-state index is -0.267. The third kappa shape index (κ3) is 5.72. The zero-order chi connectivity index (χ0) is 10.8. The Hall–Kier alpha value is -0.870. The Labute approximate surface area is 85.0 Å². The van der Waals surface area contributed by atoms with Gasteiger partial charge in [-0.3, -0.25) is 0 Å². The van der Waals surface area contributed by atoms with Crippen molar-refractivity contribution in [2.45, 2.75) is 19.8 Å². The maximum atomic E-state index is 11.1. The number of hydrogen-bond acceptors (Lipinski definition) is 4. The first-order chi connectivity index (χ1) is 6.76. The van der Waals surface area contributed by atoms with Crippen LogP contribution in [0.2, 0.25) is 0 Å². The zero-order valence-corrected chi connectivity index (χ0v) is 8.88. The first-order valence-electron chi connectivity index (χ1n) is 4.85. The Morgan fingerprint density at radius 1 is 1.57 bits per heavy atom. The zero-order valence-electron chi connectivity index (χ0n) is 8.88. The number of nitrogens with one attached hydrogen (secondary N) is 1. The Kier molecular flexibility index (Phi) is 8.17. The third-order valence-corrected chi connectivity index (χ3v) is 1.83. The molecule has 2 N–H and O–H groups in total. The molecule has 0 bridgehead atoms. The van der Waals surface area contributed by atoms with Crippen molar-refractivity contribution < 1.29 is 14.6 Å². The fourth-order valence-electron chi connectivity index (χ4n) is 1.00. The molecule has 4 nitrogen and oxygen atoms in total. The molecule has 0 spiro atoms. The molecule has 82 valence electrons. The first kappa shape index (κ1) is 13.1. The van der Waals surface area contributed by atoms with E-state index in [1.165, 1.54) is 7.11 Å². The van der Waals surface area contributed by atoms with E-state index in [2.05, 4.69) is 10.1 Å². The van der Waals surface area contributed by atoms with Gasteiger partial charge in [0.15, 0.2) is 0 Å². The lowest BCUT2D eigenvalue weighted by Crippen LogP contribution is -2.17. The Balaban J connectivity index is 3.76. The number of rotatable bonds is 7. The summed E-state index contributed by atoms with van der Waals surface area (Å²) in [5.74, 6) is -0.267. The van der Waals surface area contributed by atoms with Crippen LogP contribution in [0.1, 0.15) is 19.8 Å². The fraction of sp³-hybridized carbons (Fsp3) is 0.700. The van der Waals surface area contributed by atoms with Gasteiger partial charge in [-0.15, -0.1) is 0 Å². The van der Waals surface area contributed by atoms with Crippen molar-refractivity contribution in [2.24, 2.45) is 0 Å². The minimum absolute atomic E-state index is 0.189. The van der Waals surface area contributed by atoms with Crippen molar-refractivity contribution in [2.75, 3.05) is 26.8 Å². The molecule has 0 aliphatic rings. The van der Waals surface area contributed by atoms with Gasteiger partial charge in [-0.2, -0.15) is 0 Å². The van der Waals surface area contributed by atoms with E-state index in [0.717, 1.165) is 13.0 Å². The molecule has 0 aliphatic carbocycles. The SMILES string of the molecule is CCC(=CCNCCCO)C(=O)OC. The molecule has 0 saturated carbocycles. The van der Waals surface area contributed by atoms with E-state index in [-0.39, 0.29) is 12.6 Å². The minimum Gasteiger partial charge on any atom is -0.466 e. The van der Waals surface area contributed by atoms with Crippen LogP contribution in [-0.2, 0) is 9.53 Å². The molecule has 0 heterocycles. The second-order valence-corrected chi connectivity index (χ2v) is 2.86. The van der Waals surface area contributed by atoms with Crippen molar-refractivity contribution in [1.29, 1.82) is 0 Å². The van der Waals surface area contributed by atoms with E-state index in [1.807, 2.05) is 13.0 Å². The summed E-state index contributed by atoms with van der Waals surface area (Å²) < 4.78 is 4.61. The van der Waals surface area contributed by atoms with E-state index >= 15 is 0 Å². The highest BCUT2D eigenvalue weighted by Gasteiger charge is 2.05. The van der Waals surface area contributed by atoms with Crippen LogP contribution in [0.5, 0.6) is 0 Å². The molecule has 4 heteroatoms. The summed E-state index contributed by atoms with van der Waals surface area (Å²) in [4.78, 5) is 11.1. The van der Waals surface area contributed by atoms with Gasteiger partial charge in [-0.05, 0) is 19.4 Å². The second kappa shape index (κ2) is 8.72. The molecule has 0 unspecified atom stereocenters. The summed E-state index contributed by atoms with van der Waals surface area (Å²) in [6.45, 7) is 3.49. The maximum Gasteiger partial charge on any atom is 0.333 e. The lowest BCUT2D eigenvalue weighted by molar-refractivity contribution is -0.136. The van der Waals surface area contributed by atoms with Gasteiger partial charge < -0.3 is 15.2 Å². The topological polar surface area (TPSA) is 58.6 Å². The highest BCUT2D eigenvalue weighted by atomic mass is 16.5. The van der Waals surface area contributed by atoms with Crippen LogP contribution in [0.3, 0.4) is 0 Å². The molecule has 14 heavy (non-hydrogen) atoms. The smallest absolute Gasteiger partial charge is 0.333 e. The molecule has 0 amide bonds. The summed E-state index contributed by atoms with van der Waals surface area (Å²) in [7, 11) is 1.38. The highest BCUT2D eigenvalue weighted by Crippen LogP contribution is 2.01. The molecule has 0 aliphatic heterocycles. The number of aliphatic hydroxyl groups excluding tert-OH is 1. The van der Waals surface area contributed by atoms with Crippen LogP contribution in [0, 0.1) is 0 Å². The van der Waals surface area contributed by atoms with E-state index < -0.39 is 0 Å². The van der Waals surface area contributed by atoms with Crippen LogP contribution < -0.4 is 5.32 Å². The average molecular weight is 201 g/mol. The molecule has 0 atom stereocenters. The largest absolute Gasteiger partial charge is 0.466 e. The fourth-order valence-corrected chi connectivity index (χ4v) is 1.00. The van der Waals surface area contributed by atoms with Crippen LogP contribution in [0.15, 0.2) is 11.6 Å². The number of methoxy groups -OCH3 is 1. The molecule has 0 radical (unpaired) electrons. The quantitative estimate of drug-likeness (QED) is 0.357. The van der Waals surface area contributed by atoms with Gasteiger partial charge in [-0.25, -0.2) is 4.79 Å². The van der Waals surface area contributed by atoms with Crippen LogP contribution in [0.4, 0.5) is 0 Å². The molecule has 0 aromatic rings. The predicted molar refractivity (Wildman–Crippen MR) is 55.0 cm³/mol. The standard InChI is InChI=1S/C10H19NO3/c1-3-9(10(13)14-2)5-7-11-6-4-8-12/h5,11-12H,3-4,6-8H2,1-2H3. The van der Waals surface area contributed by atoms with E-state index in [4.69, 9.17) is 5.11 Å². The highest BCUT2D eigenvalue weighted by molar-refractivity contribution is 5.88. The van der Waals surface area contributed by atoms with Crippen molar-refractivity contribution in [3.05, 3.63) is 11.6 Å². The van der Waals surface area contributed by atoms with Crippen LogP contribution in [-0.4, -0.2) is 37.9 Å². The van der Waals surface area contributed by atoms with Gasteiger partial charge in [-0.1, -0.05) is 13.0 Å². The first-order valence-corrected chi connectivity index (χ1v) is 4.85. The van der Waals surface area contributed by atoms with Gasteiger partial charge in [0.1, 0.15) is 0 Å². The van der Waals surface area contributed by atoms with Crippen molar-refractivity contribution in [1.82, 2.24) is 5.32 Å². The predicted octanol–water partition coefficient (Wildman–Crippen LogP) is 0.468. The summed E-state index contributed by atoms with van der Waals surface area (Å²) >= 11 is 0. The number of hydrogen-bond donors (Lipinski definition) is 2. The molecule has 0 fully saturated rings. The van der Waals surface area contributed by atoms with Crippen LogP contribution in [0.25, 0.3) is 0 Å². The van der Waals surface area contributed by atoms with Gasteiger partial charge in [0, 0.05) is 18.7 Å². The number of ether oxygens (including phenoxy) is 1. The van der Waals surface area contributed by atoms with Gasteiger partial charge in [0.25, 0.3) is 0 Å². The van der Waals surface area contributed by atoms with E-state index in [1.54, 1.807) is 0 Å². The maximum absolute atomic E-state index is 11.1. The number of aliphatic hydroxyl groups is 1. The number of carbonyl (C=O) groups excluding carboxylic acids is 1. The Morgan fingerprint density at radius 2 is 2.29 bits per heavy atom. The molecule has 0 saturated heterocycles. The average Bonchev–Trinajstić information content (AvgIpc) is 2.22. The third-order valence-electron chi connectivity index (χ3n) is 1.83. The molecule has 0 aromatic heterocycles. The summed E-state index contributed by atoms with van der Waals surface area (Å²) in [5, 5.41) is 11.6. The van der Waals surface area contributed by atoms with E-state index in [9.17, 15) is 4.79 Å². The molecular formula is C10H19NO3. The Morgan fingerprint density at radius 3 is 2.79 bits per heavy atom. The monoisotopic (exact) mass is 201 g/mol. The van der Waals surface area contributed by atoms with Gasteiger partial charge in [0.05, 0.1) is 7.11 Å². The van der Waals surface area contributed by atoms with Crippen molar-refractivity contribution in [3.8, 4) is 0 Å². The summed E-state index contributed by atoms with van der Waals surface area (Å²) in [6, 6.07) is 0. The van der Waals surface area contributed by atoms with Crippen LogP contribution >= 0.6 is 0 Å². The number of esters is 1. The Bertz CT molecular complexity index is 190. The lowest BCUT2D eigenvalue weighted by atomic mass is 10.2. The summed E-state index contributed by atoms with van der Waals surface area (Å²) in [6.07, 6.45) is 3.23. The van der Waals surface area contributed by atoms with Gasteiger partial charge in [0.2, 0.25) is 0 Å². The summed E-state index contributed by atoms with van der Waals surface area (Å²) in [5.41, 5.74) is 0.684. The lowest BCUT2D eigenvalue weighted by Gasteiger charge is -2.03. The second-order valence-electron chi connectivity index (χ2n) is 2.86. The van der Waals surface area contributed by atoms with Crippen molar-refractivity contribution >= 4 is 5.97 Å². The van der Waals surface area contributed by atoms with E-state index in [0.29, 0.717) is 18.5 Å². The molecule has 0 rings (SSSR count). The molecular weight excluding hydrogens is 182 g/mol.